The Morgan fingerprint density at radius 1 is 1.25 bits per heavy atom. The van der Waals surface area contributed by atoms with Gasteiger partial charge in [-0.3, -0.25) is 0 Å². The first-order valence-electron chi connectivity index (χ1n) is 5.27. The van der Waals surface area contributed by atoms with E-state index >= 15 is 0 Å². The van der Waals surface area contributed by atoms with E-state index in [1.807, 2.05) is 20.8 Å². The summed E-state index contributed by atoms with van der Waals surface area (Å²) in [5, 5.41) is 12.1. The van der Waals surface area contributed by atoms with Crippen LogP contribution in [0.5, 0.6) is 5.75 Å². The molecule has 0 aliphatic heterocycles. The fourth-order valence-electron chi connectivity index (χ4n) is 1.19. The summed E-state index contributed by atoms with van der Waals surface area (Å²) in [7, 11) is 0. The van der Waals surface area contributed by atoms with Gasteiger partial charge in [-0.2, -0.15) is 0 Å². The van der Waals surface area contributed by atoms with Crippen molar-refractivity contribution in [3.63, 3.8) is 0 Å². The van der Waals surface area contributed by atoms with E-state index in [0.29, 0.717) is 12.1 Å². The molecule has 0 fully saturated rings. The van der Waals surface area contributed by atoms with E-state index in [1.54, 1.807) is 0 Å². The molecule has 0 aliphatic carbocycles. The maximum absolute atomic E-state index is 13.0. The van der Waals surface area contributed by atoms with E-state index in [1.165, 1.54) is 0 Å². The molecule has 0 saturated carbocycles. The average molecular weight is 229 g/mol. The van der Waals surface area contributed by atoms with Gasteiger partial charge in [0.1, 0.15) is 0 Å². The Bertz CT molecular complexity index is 354. The Kier molecular flexibility index (Phi) is 3.86. The summed E-state index contributed by atoms with van der Waals surface area (Å²) in [6.45, 7) is 6.43. The summed E-state index contributed by atoms with van der Waals surface area (Å²) in [4.78, 5) is 0. The largest absolute Gasteiger partial charge is 0.503 e. The first kappa shape index (κ1) is 12.9. The summed E-state index contributed by atoms with van der Waals surface area (Å²) < 4.78 is 26.0. The number of aromatic hydroxyl groups is 1. The molecule has 0 aliphatic rings. The number of benzene rings is 1. The standard InChI is InChI=1S/C12H17F2NO/c1-4-12(2,3)15-7-8-5-9(13)11(16)10(14)6-8/h5-6,15-16H,4,7H2,1-3H3. The van der Waals surface area contributed by atoms with Gasteiger partial charge in [0, 0.05) is 12.1 Å². The maximum atomic E-state index is 13.0. The van der Waals surface area contributed by atoms with Crippen molar-refractivity contribution in [1.82, 2.24) is 5.32 Å². The van der Waals surface area contributed by atoms with Crippen LogP contribution in [-0.2, 0) is 6.54 Å². The number of rotatable bonds is 4. The van der Waals surface area contributed by atoms with Crippen molar-refractivity contribution < 1.29 is 13.9 Å². The van der Waals surface area contributed by atoms with Crippen molar-refractivity contribution in [2.75, 3.05) is 0 Å². The fourth-order valence-corrected chi connectivity index (χ4v) is 1.19. The van der Waals surface area contributed by atoms with E-state index in [4.69, 9.17) is 5.11 Å². The zero-order chi connectivity index (χ0) is 12.3. The van der Waals surface area contributed by atoms with Crippen molar-refractivity contribution in [2.45, 2.75) is 39.3 Å². The van der Waals surface area contributed by atoms with Crippen LogP contribution in [-0.4, -0.2) is 10.6 Å². The molecule has 0 atom stereocenters. The topological polar surface area (TPSA) is 32.3 Å². The van der Waals surface area contributed by atoms with Gasteiger partial charge in [0.2, 0.25) is 0 Å². The van der Waals surface area contributed by atoms with Crippen molar-refractivity contribution >= 4 is 0 Å². The summed E-state index contributed by atoms with van der Waals surface area (Å²) in [6, 6.07) is 2.27. The third-order valence-corrected chi connectivity index (χ3v) is 2.73. The molecule has 0 radical (unpaired) electrons. The number of phenols is 1. The van der Waals surface area contributed by atoms with Gasteiger partial charge in [0.15, 0.2) is 17.4 Å². The summed E-state index contributed by atoms with van der Waals surface area (Å²) in [6.07, 6.45) is 0.913. The van der Waals surface area contributed by atoms with Crippen LogP contribution in [0.1, 0.15) is 32.8 Å². The van der Waals surface area contributed by atoms with E-state index in [0.717, 1.165) is 18.6 Å². The highest BCUT2D eigenvalue weighted by molar-refractivity contribution is 5.30. The van der Waals surface area contributed by atoms with Crippen LogP contribution in [0.2, 0.25) is 0 Å². The molecule has 4 heteroatoms. The molecule has 1 aromatic carbocycles. The molecule has 0 saturated heterocycles. The zero-order valence-electron chi connectivity index (χ0n) is 9.77. The van der Waals surface area contributed by atoms with Gasteiger partial charge < -0.3 is 10.4 Å². The van der Waals surface area contributed by atoms with Gasteiger partial charge >= 0.3 is 0 Å². The zero-order valence-corrected chi connectivity index (χ0v) is 9.77. The number of nitrogens with one attached hydrogen (secondary N) is 1. The highest BCUT2D eigenvalue weighted by Crippen LogP contribution is 2.21. The molecule has 2 N–H and O–H groups in total. The van der Waals surface area contributed by atoms with Crippen LogP contribution in [0.3, 0.4) is 0 Å². The molecule has 2 nitrogen and oxygen atoms in total. The molecule has 0 bridgehead atoms. The molecule has 1 aromatic rings. The van der Waals surface area contributed by atoms with Crippen molar-refractivity contribution in [2.24, 2.45) is 0 Å². The van der Waals surface area contributed by atoms with Crippen molar-refractivity contribution in [3.8, 4) is 5.75 Å². The minimum atomic E-state index is -0.925. The predicted molar refractivity (Wildman–Crippen MR) is 59.2 cm³/mol. The van der Waals surface area contributed by atoms with Crippen LogP contribution in [0.25, 0.3) is 0 Å². The summed E-state index contributed by atoms with van der Waals surface area (Å²) >= 11 is 0. The van der Waals surface area contributed by atoms with Crippen LogP contribution in [0, 0.1) is 11.6 Å². The second-order valence-electron chi connectivity index (χ2n) is 4.50. The number of hydrogen-bond acceptors (Lipinski definition) is 2. The van der Waals surface area contributed by atoms with Gasteiger partial charge in [-0.05, 0) is 38.0 Å². The van der Waals surface area contributed by atoms with Crippen molar-refractivity contribution in [3.05, 3.63) is 29.3 Å². The normalized spacial score (nSPS) is 11.8. The number of phenolic OH excluding ortho intramolecular Hbond substituents is 1. The summed E-state index contributed by atoms with van der Waals surface area (Å²) in [5.74, 6) is -2.77. The Morgan fingerprint density at radius 3 is 2.19 bits per heavy atom. The molecule has 1 rings (SSSR count). The third-order valence-electron chi connectivity index (χ3n) is 2.73. The highest BCUT2D eigenvalue weighted by Gasteiger charge is 2.15. The Labute approximate surface area is 94.3 Å². The summed E-state index contributed by atoms with van der Waals surface area (Å²) in [5.41, 5.74) is 0.402. The first-order valence-corrected chi connectivity index (χ1v) is 5.27. The lowest BCUT2D eigenvalue weighted by molar-refractivity contribution is 0.370. The Morgan fingerprint density at radius 2 is 1.75 bits per heavy atom. The van der Waals surface area contributed by atoms with E-state index in [-0.39, 0.29) is 5.54 Å². The van der Waals surface area contributed by atoms with Crippen LogP contribution in [0.15, 0.2) is 12.1 Å². The van der Waals surface area contributed by atoms with Crippen LogP contribution < -0.4 is 5.32 Å². The van der Waals surface area contributed by atoms with E-state index in [9.17, 15) is 8.78 Å². The van der Waals surface area contributed by atoms with Crippen molar-refractivity contribution in [1.29, 1.82) is 0 Å². The van der Waals surface area contributed by atoms with Gasteiger partial charge in [-0.25, -0.2) is 8.78 Å². The molecule has 16 heavy (non-hydrogen) atoms. The molecule has 0 spiro atoms. The first-order chi connectivity index (χ1) is 7.35. The fraction of sp³-hybridized carbons (Fsp3) is 0.500. The quantitative estimate of drug-likeness (QED) is 0.832. The Balaban J connectivity index is 2.76. The molecule has 90 valence electrons. The molecular weight excluding hydrogens is 212 g/mol. The predicted octanol–water partition coefficient (Wildman–Crippen LogP) is 2.95. The monoisotopic (exact) mass is 229 g/mol. The average Bonchev–Trinajstić information content (AvgIpc) is 2.23. The lowest BCUT2D eigenvalue weighted by atomic mass is 10.0. The minimum Gasteiger partial charge on any atom is -0.503 e. The molecule has 0 aromatic heterocycles. The second kappa shape index (κ2) is 4.78. The molecule has 0 unspecified atom stereocenters. The SMILES string of the molecule is CCC(C)(C)NCc1cc(F)c(O)c(F)c1. The van der Waals surface area contributed by atoms with Crippen LogP contribution in [0.4, 0.5) is 8.78 Å². The highest BCUT2D eigenvalue weighted by atomic mass is 19.1. The van der Waals surface area contributed by atoms with E-state index in [2.05, 4.69) is 5.32 Å². The molecular formula is C12H17F2NO. The van der Waals surface area contributed by atoms with Gasteiger partial charge in [-0.1, -0.05) is 6.92 Å². The number of hydrogen-bond donors (Lipinski definition) is 2. The van der Waals surface area contributed by atoms with Gasteiger partial charge in [0.05, 0.1) is 0 Å². The molecule has 0 heterocycles. The lowest BCUT2D eigenvalue weighted by Crippen LogP contribution is -2.37. The third kappa shape index (κ3) is 3.17. The minimum absolute atomic E-state index is 0.0785. The van der Waals surface area contributed by atoms with Crippen LogP contribution >= 0.6 is 0 Å². The number of halogens is 2. The Hall–Kier alpha value is -1.16. The maximum Gasteiger partial charge on any atom is 0.187 e. The van der Waals surface area contributed by atoms with E-state index < -0.39 is 17.4 Å². The smallest absolute Gasteiger partial charge is 0.187 e. The second-order valence-corrected chi connectivity index (χ2v) is 4.50. The molecule has 0 amide bonds. The van der Waals surface area contributed by atoms with Gasteiger partial charge in [0.25, 0.3) is 0 Å². The van der Waals surface area contributed by atoms with Gasteiger partial charge in [-0.15, -0.1) is 0 Å². The lowest BCUT2D eigenvalue weighted by Gasteiger charge is -2.24.